The van der Waals surface area contributed by atoms with Crippen LogP contribution in [-0.2, 0) is 0 Å². The topological polar surface area (TPSA) is 51.2 Å². The number of fused-ring (bicyclic) bond motifs is 1. The molecule has 0 spiro atoms. The van der Waals surface area contributed by atoms with Gasteiger partial charge in [-0.05, 0) is 67.4 Å². The third kappa shape index (κ3) is 4.30. The normalized spacial score (nSPS) is 10.8. The molecule has 0 radical (unpaired) electrons. The Kier molecular flexibility index (Phi) is 5.58. The molecule has 0 unspecified atom stereocenters. The van der Waals surface area contributed by atoms with E-state index in [1.807, 2.05) is 49.4 Å². The van der Waals surface area contributed by atoms with Crippen molar-refractivity contribution in [2.75, 3.05) is 11.9 Å². The van der Waals surface area contributed by atoms with E-state index in [2.05, 4.69) is 24.4 Å². The van der Waals surface area contributed by atoms with E-state index >= 15 is 0 Å². The SMILES string of the molecule is CCCOc1cccc(C(=O)Nc2ccc(-c3nc4ccccc4s3)cc2C)c1. The lowest BCUT2D eigenvalue weighted by Gasteiger charge is -2.11. The van der Waals surface area contributed by atoms with Crippen LogP contribution < -0.4 is 10.1 Å². The summed E-state index contributed by atoms with van der Waals surface area (Å²) in [5.41, 5.74) is 4.42. The van der Waals surface area contributed by atoms with Crippen molar-refractivity contribution in [2.45, 2.75) is 20.3 Å². The minimum Gasteiger partial charge on any atom is -0.494 e. The van der Waals surface area contributed by atoms with Crippen molar-refractivity contribution in [2.24, 2.45) is 0 Å². The number of anilines is 1. The van der Waals surface area contributed by atoms with Gasteiger partial charge in [0.1, 0.15) is 10.8 Å². The minimum absolute atomic E-state index is 0.150. The molecule has 146 valence electrons. The van der Waals surface area contributed by atoms with E-state index in [1.165, 1.54) is 4.70 Å². The molecule has 0 saturated heterocycles. The van der Waals surface area contributed by atoms with Gasteiger partial charge < -0.3 is 10.1 Å². The second-order valence-electron chi connectivity index (χ2n) is 6.85. The maximum atomic E-state index is 12.7. The summed E-state index contributed by atoms with van der Waals surface area (Å²) >= 11 is 1.67. The summed E-state index contributed by atoms with van der Waals surface area (Å²) in [4.78, 5) is 17.4. The van der Waals surface area contributed by atoms with Crippen LogP contribution in [-0.4, -0.2) is 17.5 Å². The number of carbonyl (C=O) groups excluding carboxylic acids is 1. The standard InChI is InChI=1S/C24H22N2O2S/c1-3-13-28-19-8-6-7-17(15-19)23(27)25-20-12-11-18(14-16(20)2)24-26-21-9-4-5-10-22(21)29-24/h4-12,14-15H,3,13H2,1-2H3,(H,25,27). The van der Waals surface area contributed by atoms with Gasteiger partial charge in [0.15, 0.2) is 0 Å². The number of benzene rings is 3. The van der Waals surface area contributed by atoms with Crippen molar-refractivity contribution in [3.8, 4) is 16.3 Å². The summed E-state index contributed by atoms with van der Waals surface area (Å²) in [7, 11) is 0. The van der Waals surface area contributed by atoms with Crippen LogP contribution in [0.4, 0.5) is 5.69 Å². The molecule has 29 heavy (non-hydrogen) atoms. The molecule has 4 rings (SSSR count). The number of hydrogen-bond acceptors (Lipinski definition) is 4. The van der Waals surface area contributed by atoms with E-state index in [0.29, 0.717) is 17.9 Å². The molecule has 0 bridgehead atoms. The number of hydrogen-bond donors (Lipinski definition) is 1. The Morgan fingerprint density at radius 1 is 1.07 bits per heavy atom. The van der Waals surface area contributed by atoms with Crippen molar-refractivity contribution in [3.05, 3.63) is 77.9 Å². The Bertz CT molecular complexity index is 1130. The van der Waals surface area contributed by atoms with Crippen molar-refractivity contribution >= 4 is 33.1 Å². The summed E-state index contributed by atoms with van der Waals surface area (Å²) in [5.74, 6) is 0.560. The van der Waals surface area contributed by atoms with Crippen molar-refractivity contribution in [3.63, 3.8) is 0 Å². The van der Waals surface area contributed by atoms with Crippen molar-refractivity contribution < 1.29 is 9.53 Å². The molecule has 1 aromatic heterocycles. The van der Waals surface area contributed by atoms with Crippen LogP contribution in [0.1, 0.15) is 29.3 Å². The van der Waals surface area contributed by atoms with Gasteiger partial charge in [0.05, 0.1) is 16.8 Å². The maximum Gasteiger partial charge on any atom is 0.255 e. The van der Waals surface area contributed by atoms with E-state index in [9.17, 15) is 4.79 Å². The van der Waals surface area contributed by atoms with Crippen LogP contribution in [0.3, 0.4) is 0 Å². The van der Waals surface area contributed by atoms with Gasteiger partial charge in [0.2, 0.25) is 0 Å². The molecule has 0 aliphatic carbocycles. The maximum absolute atomic E-state index is 12.7. The van der Waals surface area contributed by atoms with Gasteiger partial charge in [-0.15, -0.1) is 11.3 Å². The van der Waals surface area contributed by atoms with Gasteiger partial charge in [0.25, 0.3) is 5.91 Å². The van der Waals surface area contributed by atoms with Gasteiger partial charge in [-0.25, -0.2) is 4.98 Å². The number of rotatable bonds is 6. The molecule has 0 fully saturated rings. The first-order chi connectivity index (χ1) is 14.1. The highest BCUT2D eigenvalue weighted by atomic mass is 32.1. The number of carbonyl (C=O) groups is 1. The molecule has 0 aliphatic heterocycles. The molecular formula is C24H22N2O2S. The first-order valence-corrected chi connectivity index (χ1v) is 10.5. The van der Waals surface area contributed by atoms with E-state index in [1.54, 1.807) is 23.5 Å². The van der Waals surface area contributed by atoms with Gasteiger partial charge >= 0.3 is 0 Å². The number of aromatic nitrogens is 1. The smallest absolute Gasteiger partial charge is 0.255 e. The number of aryl methyl sites for hydroxylation is 1. The zero-order chi connectivity index (χ0) is 20.2. The Hall–Kier alpha value is -3.18. The third-order valence-corrected chi connectivity index (χ3v) is 5.67. The highest BCUT2D eigenvalue weighted by Gasteiger charge is 2.11. The van der Waals surface area contributed by atoms with Crippen LogP contribution in [0, 0.1) is 6.92 Å². The molecule has 3 aromatic carbocycles. The fourth-order valence-corrected chi connectivity index (χ4v) is 4.04. The van der Waals surface area contributed by atoms with Crippen molar-refractivity contribution in [1.82, 2.24) is 4.98 Å². The largest absolute Gasteiger partial charge is 0.494 e. The van der Waals surface area contributed by atoms with Gasteiger partial charge in [-0.2, -0.15) is 0 Å². The van der Waals surface area contributed by atoms with E-state index in [4.69, 9.17) is 9.72 Å². The average Bonchev–Trinajstić information content (AvgIpc) is 3.18. The zero-order valence-electron chi connectivity index (χ0n) is 16.4. The Balaban J connectivity index is 1.53. The predicted octanol–water partition coefficient (Wildman–Crippen LogP) is 6.31. The van der Waals surface area contributed by atoms with E-state index in [0.717, 1.165) is 33.8 Å². The molecule has 1 amide bonds. The first-order valence-electron chi connectivity index (χ1n) is 9.65. The lowest BCUT2D eigenvalue weighted by Crippen LogP contribution is -2.13. The number of nitrogens with one attached hydrogen (secondary N) is 1. The summed E-state index contributed by atoms with van der Waals surface area (Å²) in [5, 5.41) is 3.98. The molecule has 0 aliphatic rings. The number of ether oxygens (including phenoxy) is 1. The van der Waals surface area contributed by atoms with Crippen LogP contribution in [0.15, 0.2) is 66.7 Å². The first kappa shape index (κ1) is 19.2. The van der Waals surface area contributed by atoms with Crippen LogP contribution in [0.2, 0.25) is 0 Å². The number of amides is 1. The van der Waals surface area contributed by atoms with Crippen LogP contribution in [0.5, 0.6) is 5.75 Å². The zero-order valence-corrected chi connectivity index (χ0v) is 17.3. The second kappa shape index (κ2) is 8.45. The summed E-state index contributed by atoms with van der Waals surface area (Å²) in [6, 6.07) is 21.4. The highest BCUT2D eigenvalue weighted by molar-refractivity contribution is 7.21. The average molecular weight is 403 g/mol. The molecule has 0 saturated carbocycles. The predicted molar refractivity (Wildman–Crippen MR) is 120 cm³/mol. The van der Waals surface area contributed by atoms with Gasteiger partial charge in [-0.3, -0.25) is 4.79 Å². The monoisotopic (exact) mass is 402 g/mol. The Labute approximate surface area is 174 Å². The molecule has 1 N–H and O–H groups in total. The van der Waals surface area contributed by atoms with Crippen LogP contribution in [0.25, 0.3) is 20.8 Å². The number of para-hydroxylation sites is 1. The van der Waals surface area contributed by atoms with Gasteiger partial charge in [-0.1, -0.05) is 25.1 Å². The van der Waals surface area contributed by atoms with E-state index < -0.39 is 0 Å². The second-order valence-corrected chi connectivity index (χ2v) is 7.88. The molecule has 4 nitrogen and oxygen atoms in total. The molecule has 0 atom stereocenters. The molecule has 5 heteroatoms. The lowest BCUT2D eigenvalue weighted by atomic mass is 10.1. The third-order valence-electron chi connectivity index (χ3n) is 4.58. The molecular weight excluding hydrogens is 380 g/mol. The Morgan fingerprint density at radius 2 is 1.93 bits per heavy atom. The van der Waals surface area contributed by atoms with Gasteiger partial charge in [0, 0.05) is 16.8 Å². The Morgan fingerprint density at radius 3 is 2.72 bits per heavy atom. The fraction of sp³-hybridized carbons (Fsp3) is 0.167. The highest BCUT2D eigenvalue weighted by Crippen LogP contribution is 2.32. The molecule has 1 heterocycles. The van der Waals surface area contributed by atoms with E-state index in [-0.39, 0.29) is 5.91 Å². The quantitative estimate of drug-likeness (QED) is 0.411. The van der Waals surface area contributed by atoms with Crippen LogP contribution >= 0.6 is 11.3 Å². The lowest BCUT2D eigenvalue weighted by molar-refractivity contribution is 0.102. The summed E-state index contributed by atoms with van der Waals surface area (Å²) < 4.78 is 6.79. The number of thiazole rings is 1. The van der Waals surface area contributed by atoms with Crippen molar-refractivity contribution in [1.29, 1.82) is 0 Å². The minimum atomic E-state index is -0.150. The molecule has 4 aromatic rings. The summed E-state index contributed by atoms with van der Waals surface area (Å²) in [6.45, 7) is 4.68. The number of nitrogens with zero attached hydrogens (tertiary/aromatic N) is 1. The fourth-order valence-electron chi connectivity index (χ4n) is 3.07. The summed E-state index contributed by atoms with van der Waals surface area (Å²) in [6.07, 6.45) is 0.927.